The molecule has 0 aliphatic rings. The molecule has 4 nitrogen and oxygen atoms in total. The van der Waals surface area contributed by atoms with Gasteiger partial charge in [-0.1, -0.05) is 30.3 Å². The molecule has 0 bridgehead atoms. The highest BCUT2D eigenvalue weighted by Gasteiger charge is 2.09. The van der Waals surface area contributed by atoms with E-state index in [2.05, 4.69) is 0 Å². The second kappa shape index (κ2) is 5.77. The van der Waals surface area contributed by atoms with Crippen LogP contribution in [0.25, 0.3) is 17.0 Å². The van der Waals surface area contributed by atoms with Gasteiger partial charge in [-0.15, -0.1) is 0 Å². The van der Waals surface area contributed by atoms with Crippen LogP contribution in [0.2, 0.25) is 0 Å². The van der Waals surface area contributed by atoms with Gasteiger partial charge in [0.1, 0.15) is 5.58 Å². The van der Waals surface area contributed by atoms with Crippen LogP contribution in [0.15, 0.2) is 59.0 Å². The number of furan rings is 1. The molecule has 3 rings (SSSR count). The lowest BCUT2D eigenvalue weighted by atomic mass is 10.1. The van der Waals surface area contributed by atoms with Crippen molar-refractivity contribution in [2.45, 2.75) is 0 Å². The summed E-state index contributed by atoms with van der Waals surface area (Å²) in [5.74, 6) is 0.494. The number of hydrogen-bond donors (Lipinski definition) is 1. The van der Waals surface area contributed by atoms with E-state index in [1.165, 1.54) is 19.3 Å². The molecule has 0 aliphatic heterocycles. The summed E-state index contributed by atoms with van der Waals surface area (Å²) in [6.45, 7) is 0. The van der Waals surface area contributed by atoms with Crippen LogP contribution < -0.4 is 4.74 Å². The third kappa shape index (κ3) is 2.72. The quantitative estimate of drug-likeness (QED) is 0.582. The number of rotatable bonds is 4. The molecule has 0 amide bonds. The van der Waals surface area contributed by atoms with Crippen molar-refractivity contribution in [1.29, 1.82) is 0 Å². The Hall–Kier alpha value is -3.01. The Morgan fingerprint density at radius 2 is 2.00 bits per heavy atom. The first-order chi connectivity index (χ1) is 10.7. The monoisotopic (exact) mass is 294 g/mol. The van der Waals surface area contributed by atoms with Crippen molar-refractivity contribution >= 4 is 22.8 Å². The summed E-state index contributed by atoms with van der Waals surface area (Å²) >= 11 is 0. The van der Waals surface area contributed by atoms with Crippen molar-refractivity contribution in [2.75, 3.05) is 7.11 Å². The number of ether oxygens (including phenoxy) is 1. The minimum atomic E-state index is -0.219. The number of para-hydroxylation sites is 1. The van der Waals surface area contributed by atoms with Crippen LogP contribution in [0.5, 0.6) is 11.5 Å². The van der Waals surface area contributed by atoms with Gasteiger partial charge in [-0.25, -0.2) is 0 Å². The molecule has 1 heterocycles. The van der Waals surface area contributed by atoms with Gasteiger partial charge in [0.2, 0.25) is 5.78 Å². The lowest BCUT2D eigenvalue weighted by Crippen LogP contribution is -1.90. The Balaban J connectivity index is 1.84. The predicted molar refractivity (Wildman–Crippen MR) is 84.2 cm³/mol. The Kier molecular flexibility index (Phi) is 3.66. The third-order valence-corrected chi connectivity index (χ3v) is 3.30. The van der Waals surface area contributed by atoms with Gasteiger partial charge >= 0.3 is 0 Å². The molecular formula is C18H14O4. The molecule has 3 aromatic rings. The first-order valence-electron chi connectivity index (χ1n) is 6.75. The van der Waals surface area contributed by atoms with Gasteiger partial charge in [-0.2, -0.15) is 0 Å². The summed E-state index contributed by atoms with van der Waals surface area (Å²) in [5, 5.41) is 10.4. The second-order valence-electron chi connectivity index (χ2n) is 4.78. The van der Waals surface area contributed by atoms with Gasteiger partial charge in [0.05, 0.1) is 7.11 Å². The molecule has 0 unspecified atom stereocenters. The summed E-state index contributed by atoms with van der Waals surface area (Å²) in [6, 6.07) is 14.1. The van der Waals surface area contributed by atoms with Crippen LogP contribution in [0.1, 0.15) is 16.1 Å². The zero-order chi connectivity index (χ0) is 15.5. The number of allylic oxidation sites excluding steroid dienone is 1. The SMILES string of the molecule is COc1cc(C=CC(=O)c2cc3ccccc3o2)ccc1O. The van der Waals surface area contributed by atoms with E-state index < -0.39 is 0 Å². The highest BCUT2D eigenvalue weighted by Crippen LogP contribution is 2.27. The number of aromatic hydroxyl groups is 1. The van der Waals surface area contributed by atoms with Gasteiger partial charge in [0.15, 0.2) is 17.3 Å². The molecule has 110 valence electrons. The molecular weight excluding hydrogens is 280 g/mol. The number of carbonyl (C=O) groups is 1. The summed E-state index contributed by atoms with van der Waals surface area (Å²) in [5.41, 5.74) is 1.43. The predicted octanol–water partition coefficient (Wildman–Crippen LogP) is 4.04. The zero-order valence-corrected chi connectivity index (χ0v) is 11.9. The highest BCUT2D eigenvalue weighted by atomic mass is 16.5. The van der Waals surface area contributed by atoms with Crippen molar-refractivity contribution in [3.8, 4) is 11.5 Å². The van der Waals surface area contributed by atoms with E-state index in [0.29, 0.717) is 17.1 Å². The van der Waals surface area contributed by atoms with Gasteiger partial charge in [-0.3, -0.25) is 4.79 Å². The molecule has 1 N–H and O–H groups in total. The fourth-order valence-corrected chi connectivity index (χ4v) is 2.16. The van der Waals surface area contributed by atoms with Crippen LogP contribution in [-0.2, 0) is 0 Å². The number of carbonyl (C=O) groups excluding carboxylic acids is 1. The standard InChI is InChI=1S/C18H14O4/c1-21-17-10-12(6-8-14(17)19)7-9-15(20)18-11-13-4-2-3-5-16(13)22-18/h2-11,19H,1H3. The molecule has 1 aromatic heterocycles. The molecule has 0 spiro atoms. The molecule has 0 fully saturated rings. The fourth-order valence-electron chi connectivity index (χ4n) is 2.16. The number of ketones is 1. The van der Waals surface area contributed by atoms with Gasteiger partial charge in [0.25, 0.3) is 0 Å². The van der Waals surface area contributed by atoms with E-state index >= 15 is 0 Å². The number of phenolic OH excluding ortho intramolecular Hbond substituents is 1. The largest absolute Gasteiger partial charge is 0.504 e. The minimum Gasteiger partial charge on any atom is -0.504 e. The summed E-state index contributed by atoms with van der Waals surface area (Å²) < 4.78 is 10.5. The van der Waals surface area contributed by atoms with E-state index in [0.717, 1.165) is 10.9 Å². The Morgan fingerprint density at radius 1 is 1.18 bits per heavy atom. The lowest BCUT2D eigenvalue weighted by molar-refractivity contribution is 0.102. The van der Waals surface area contributed by atoms with E-state index in [9.17, 15) is 9.90 Å². The molecule has 0 radical (unpaired) electrons. The van der Waals surface area contributed by atoms with E-state index in [1.54, 1.807) is 24.3 Å². The second-order valence-corrected chi connectivity index (χ2v) is 4.78. The van der Waals surface area contributed by atoms with E-state index in [4.69, 9.17) is 9.15 Å². The minimum absolute atomic E-state index is 0.0586. The van der Waals surface area contributed by atoms with Crippen LogP contribution in [0.3, 0.4) is 0 Å². The Morgan fingerprint density at radius 3 is 2.77 bits per heavy atom. The Bertz CT molecular complexity index is 825. The molecule has 0 aliphatic carbocycles. The molecule has 4 heteroatoms. The first-order valence-corrected chi connectivity index (χ1v) is 6.75. The zero-order valence-electron chi connectivity index (χ0n) is 11.9. The number of phenols is 1. The van der Waals surface area contributed by atoms with Crippen LogP contribution >= 0.6 is 0 Å². The van der Waals surface area contributed by atoms with Crippen molar-refractivity contribution < 1.29 is 19.1 Å². The summed E-state index contributed by atoms with van der Waals surface area (Å²) in [6.07, 6.45) is 3.08. The molecule has 0 saturated carbocycles. The maximum Gasteiger partial charge on any atom is 0.221 e. The smallest absolute Gasteiger partial charge is 0.221 e. The fraction of sp³-hybridized carbons (Fsp3) is 0.0556. The average Bonchev–Trinajstić information content (AvgIpc) is 2.98. The van der Waals surface area contributed by atoms with Crippen molar-refractivity contribution in [3.63, 3.8) is 0 Å². The molecule has 2 aromatic carbocycles. The van der Waals surface area contributed by atoms with Crippen LogP contribution in [-0.4, -0.2) is 18.0 Å². The van der Waals surface area contributed by atoms with E-state index in [-0.39, 0.29) is 11.5 Å². The summed E-state index contributed by atoms with van der Waals surface area (Å²) in [4.78, 5) is 12.1. The van der Waals surface area contributed by atoms with Gasteiger partial charge < -0.3 is 14.3 Å². The van der Waals surface area contributed by atoms with Crippen molar-refractivity contribution in [2.24, 2.45) is 0 Å². The lowest BCUT2D eigenvalue weighted by Gasteiger charge is -2.03. The maximum atomic E-state index is 12.1. The molecule has 0 atom stereocenters. The van der Waals surface area contributed by atoms with Crippen molar-refractivity contribution in [3.05, 3.63) is 65.9 Å². The van der Waals surface area contributed by atoms with Gasteiger partial charge in [0, 0.05) is 5.39 Å². The maximum absolute atomic E-state index is 12.1. The van der Waals surface area contributed by atoms with Crippen molar-refractivity contribution in [1.82, 2.24) is 0 Å². The summed E-state index contributed by atoms with van der Waals surface area (Å²) in [7, 11) is 1.47. The van der Waals surface area contributed by atoms with E-state index in [1.807, 2.05) is 24.3 Å². The topological polar surface area (TPSA) is 59.7 Å². The third-order valence-electron chi connectivity index (χ3n) is 3.30. The number of fused-ring (bicyclic) bond motifs is 1. The number of benzene rings is 2. The average molecular weight is 294 g/mol. The molecule has 22 heavy (non-hydrogen) atoms. The number of methoxy groups -OCH3 is 1. The Labute approximate surface area is 127 Å². The molecule has 0 saturated heterocycles. The highest BCUT2D eigenvalue weighted by molar-refractivity contribution is 6.06. The number of hydrogen-bond acceptors (Lipinski definition) is 4. The first kappa shape index (κ1) is 13.9. The normalized spacial score (nSPS) is 11.1. The van der Waals surface area contributed by atoms with Crippen LogP contribution in [0, 0.1) is 0 Å². The van der Waals surface area contributed by atoms with Gasteiger partial charge in [-0.05, 0) is 35.9 Å². The van der Waals surface area contributed by atoms with Crippen LogP contribution in [0.4, 0.5) is 0 Å².